The summed E-state index contributed by atoms with van der Waals surface area (Å²) < 4.78 is 17.2. The maximum atomic E-state index is 13.3. The number of aryl methyl sites for hydroxylation is 1. The summed E-state index contributed by atoms with van der Waals surface area (Å²) in [5.41, 5.74) is 2.63. The Kier molecular flexibility index (Phi) is 6.01. The van der Waals surface area contributed by atoms with E-state index in [4.69, 9.17) is 13.9 Å². The van der Waals surface area contributed by atoms with E-state index in [1.54, 1.807) is 48.5 Å². The van der Waals surface area contributed by atoms with Crippen molar-refractivity contribution in [1.82, 2.24) is 0 Å². The number of anilines is 1. The second kappa shape index (κ2) is 8.88. The number of halogens is 1. The molecule has 0 radical (unpaired) electrons. The number of carbonyl (C=O) groups is 2. The van der Waals surface area contributed by atoms with Crippen molar-refractivity contribution in [3.05, 3.63) is 87.6 Å². The SMILES string of the molecule is COc1ccc(OC)c(C(=O)c2oc3cc(NC(=O)c4ccccc4Br)ccc3c2C)c1. The number of fused-ring (bicyclic) bond motifs is 1. The number of ether oxygens (including phenoxy) is 2. The molecule has 0 fully saturated rings. The largest absolute Gasteiger partial charge is 0.497 e. The summed E-state index contributed by atoms with van der Waals surface area (Å²) in [6.45, 7) is 1.82. The van der Waals surface area contributed by atoms with Crippen LogP contribution in [0.1, 0.15) is 32.0 Å². The van der Waals surface area contributed by atoms with Crippen LogP contribution in [-0.4, -0.2) is 25.9 Å². The summed E-state index contributed by atoms with van der Waals surface area (Å²) in [6.07, 6.45) is 0. The predicted molar refractivity (Wildman–Crippen MR) is 126 cm³/mol. The first-order chi connectivity index (χ1) is 15.4. The van der Waals surface area contributed by atoms with Gasteiger partial charge in [0.15, 0.2) is 5.76 Å². The highest BCUT2D eigenvalue weighted by Crippen LogP contribution is 2.33. The summed E-state index contributed by atoms with van der Waals surface area (Å²) in [4.78, 5) is 25.9. The Labute approximate surface area is 193 Å². The molecule has 0 saturated carbocycles. The van der Waals surface area contributed by atoms with Crippen LogP contribution >= 0.6 is 15.9 Å². The number of furan rings is 1. The zero-order valence-corrected chi connectivity index (χ0v) is 19.3. The van der Waals surface area contributed by atoms with Crippen molar-refractivity contribution in [2.45, 2.75) is 6.92 Å². The molecule has 162 valence electrons. The molecule has 0 unspecified atom stereocenters. The van der Waals surface area contributed by atoms with Gasteiger partial charge in [0.1, 0.15) is 17.1 Å². The minimum Gasteiger partial charge on any atom is -0.497 e. The Morgan fingerprint density at radius 2 is 1.72 bits per heavy atom. The third-order valence-corrected chi connectivity index (χ3v) is 5.86. The fourth-order valence-electron chi connectivity index (χ4n) is 3.48. The standard InChI is InChI=1S/C25H20BrNO5/c1-14-17-10-8-15(27-25(29)18-6-4-5-7-20(18)26)12-22(17)32-24(14)23(28)19-13-16(30-2)9-11-21(19)31-3/h4-13H,1-3H3,(H,27,29). The van der Waals surface area contributed by atoms with Crippen molar-refractivity contribution in [2.24, 2.45) is 0 Å². The number of rotatable bonds is 6. The Balaban J connectivity index is 1.68. The van der Waals surface area contributed by atoms with E-state index in [0.717, 1.165) is 5.39 Å². The monoisotopic (exact) mass is 493 g/mol. The number of hydrogen-bond acceptors (Lipinski definition) is 5. The third-order valence-electron chi connectivity index (χ3n) is 5.17. The number of nitrogens with one attached hydrogen (secondary N) is 1. The van der Waals surface area contributed by atoms with Gasteiger partial charge in [-0.1, -0.05) is 12.1 Å². The average Bonchev–Trinajstić information content (AvgIpc) is 3.14. The van der Waals surface area contributed by atoms with Gasteiger partial charge in [0.2, 0.25) is 5.78 Å². The number of benzene rings is 3. The number of methoxy groups -OCH3 is 2. The van der Waals surface area contributed by atoms with E-state index >= 15 is 0 Å². The molecule has 1 heterocycles. The number of carbonyl (C=O) groups excluding carboxylic acids is 2. The van der Waals surface area contributed by atoms with Gasteiger partial charge in [0.25, 0.3) is 5.91 Å². The summed E-state index contributed by atoms with van der Waals surface area (Å²) in [7, 11) is 3.04. The van der Waals surface area contributed by atoms with Gasteiger partial charge in [-0.3, -0.25) is 9.59 Å². The molecule has 0 spiro atoms. The lowest BCUT2D eigenvalue weighted by molar-refractivity contribution is 0.100. The second-order valence-electron chi connectivity index (χ2n) is 7.10. The van der Waals surface area contributed by atoms with E-state index in [1.807, 2.05) is 19.1 Å². The highest BCUT2D eigenvalue weighted by Gasteiger charge is 2.23. The molecule has 0 bridgehead atoms. The maximum absolute atomic E-state index is 13.3. The summed E-state index contributed by atoms with van der Waals surface area (Å²) in [6, 6.07) is 17.5. The third kappa shape index (κ3) is 3.99. The van der Waals surface area contributed by atoms with Crippen LogP contribution in [0.15, 0.2) is 69.6 Å². The molecule has 6 nitrogen and oxygen atoms in total. The highest BCUT2D eigenvalue weighted by molar-refractivity contribution is 9.10. The molecule has 1 amide bonds. The molecule has 0 aliphatic carbocycles. The van der Waals surface area contributed by atoms with Crippen LogP contribution in [0.2, 0.25) is 0 Å². The lowest BCUT2D eigenvalue weighted by Gasteiger charge is -2.08. The zero-order valence-electron chi connectivity index (χ0n) is 17.7. The molecular formula is C25H20BrNO5. The van der Waals surface area contributed by atoms with Gasteiger partial charge >= 0.3 is 0 Å². The minimum absolute atomic E-state index is 0.209. The van der Waals surface area contributed by atoms with Crippen molar-refractivity contribution in [2.75, 3.05) is 19.5 Å². The van der Waals surface area contributed by atoms with Gasteiger partial charge in [-0.25, -0.2) is 0 Å². The number of hydrogen-bond donors (Lipinski definition) is 1. The molecule has 0 saturated heterocycles. The molecule has 0 aliphatic rings. The summed E-state index contributed by atoms with van der Waals surface area (Å²) >= 11 is 3.39. The zero-order chi connectivity index (χ0) is 22.8. The Morgan fingerprint density at radius 1 is 0.938 bits per heavy atom. The first kappa shape index (κ1) is 21.6. The van der Waals surface area contributed by atoms with E-state index in [-0.39, 0.29) is 17.5 Å². The van der Waals surface area contributed by atoms with Crippen LogP contribution in [0.25, 0.3) is 11.0 Å². The van der Waals surface area contributed by atoms with Crippen molar-refractivity contribution < 1.29 is 23.5 Å². The molecular weight excluding hydrogens is 474 g/mol. The van der Waals surface area contributed by atoms with E-state index in [1.165, 1.54) is 14.2 Å². The topological polar surface area (TPSA) is 77.8 Å². The van der Waals surface area contributed by atoms with Crippen LogP contribution in [0, 0.1) is 6.92 Å². The quantitative estimate of drug-likeness (QED) is 0.333. The molecule has 1 aromatic heterocycles. The van der Waals surface area contributed by atoms with Gasteiger partial charge in [-0.15, -0.1) is 0 Å². The first-order valence-electron chi connectivity index (χ1n) is 9.78. The van der Waals surface area contributed by atoms with Gasteiger partial charge in [-0.2, -0.15) is 0 Å². The van der Waals surface area contributed by atoms with Crippen LogP contribution < -0.4 is 14.8 Å². The fourth-order valence-corrected chi connectivity index (χ4v) is 3.94. The number of amides is 1. The Bertz CT molecular complexity index is 1340. The molecule has 4 rings (SSSR count). The van der Waals surface area contributed by atoms with E-state index in [0.29, 0.717) is 43.9 Å². The summed E-state index contributed by atoms with van der Waals surface area (Å²) in [5, 5.41) is 3.65. The van der Waals surface area contributed by atoms with Gasteiger partial charge < -0.3 is 19.2 Å². The Hall–Kier alpha value is -3.58. The lowest BCUT2D eigenvalue weighted by atomic mass is 10.0. The smallest absolute Gasteiger partial charge is 0.256 e. The lowest BCUT2D eigenvalue weighted by Crippen LogP contribution is -2.12. The Morgan fingerprint density at radius 3 is 2.44 bits per heavy atom. The summed E-state index contributed by atoms with van der Waals surface area (Å²) in [5.74, 6) is 0.614. The highest BCUT2D eigenvalue weighted by atomic mass is 79.9. The van der Waals surface area contributed by atoms with Crippen LogP contribution in [0.3, 0.4) is 0 Å². The maximum Gasteiger partial charge on any atom is 0.256 e. The van der Waals surface area contributed by atoms with Crippen LogP contribution in [0.5, 0.6) is 11.5 Å². The van der Waals surface area contributed by atoms with Crippen molar-refractivity contribution in [1.29, 1.82) is 0 Å². The molecule has 1 N–H and O–H groups in total. The van der Waals surface area contributed by atoms with Gasteiger partial charge in [-0.05, 0) is 65.3 Å². The normalized spacial score (nSPS) is 10.8. The van der Waals surface area contributed by atoms with Crippen molar-refractivity contribution in [3.8, 4) is 11.5 Å². The van der Waals surface area contributed by atoms with E-state index < -0.39 is 0 Å². The predicted octanol–water partition coefficient (Wildman–Crippen LogP) is 6.00. The average molecular weight is 494 g/mol. The van der Waals surface area contributed by atoms with E-state index in [9.17, 15) is 9.59 Å². The molecule has 0 atom stereocenters. The number of ketones is 1. The molecule has 4 aromatic rings. The fraction of sp³-hybridized carbons (Fsp3) is 0.120. The van der Waals surface area contributed by atoms with Crippen molar-refractivity contribution in [3.63, 3.8) is 0 Å². The van der Waals surface area contributed by atoms with Crippen LogP contribution in [0.4, 0.5) is 5.69 Å². The first-order valence-corrected chi connectivity index (χ1v) is 10.6. The molecule has 0 aliphatic heterocycles. The second-order valence-corrected chi connectivity index (χ2v) is 7.95. The molecule has 3 aromatic carbocycles. The molecule has 32 heavy (non-hydrogen) atoms. The van der Waals surface area contributed by atoms with Gasteiger partial charge in [0, 0.05) is 27.2 Å². The minimum atomic E-state index is -0.312. The molecule has 7 heteroatoms. The van der Waals surface area contributed by atoms with E-state index in [2.05, 4.69) is 21.2 Å². The van der Waals surface area contributed by atoms with Gasteiger partial charge in [0.05, 0.1) is 25.3 Å². The van der Waals surface area contributed by atoms with Crippen LogP contribution in [-0.2, 0) is 0 Å². The van der Waals surface area contributed by atoms with Crippen molar-refractivity contribution >= 4 is 44.3 Å².